The van der Waals surface area contributed by atoms with Gasteiger partial charge in [-0.05, 0) is 26.2 Å². The van der Waals surface area contributed by atoms with E-state index in [1.54, 1.807) is 0 Å². The second-order valence-electron chi connectivity index (χ2n) is 6.84. The van der Waals surface area contributed by atoms with Crippen LogP contribution in [0.25, 0.3) is 0 Å². The molecule has 1 aliphatic carbocycles. The van der Waals surface area contributed by atoms with Gasteiger partial charge in [-0.1, -0.05) is 12.8 Å². The maximum Gasteiger partial charge on any atom is 0.247 e. The van der Waals surface area contributed by atoms with Gasteiger partial charge in [-0.25, -0.2) is 8.42 Å². The molecule has 0 bridgehead atoms. The molecule has 21 heavy (non-hydrogen) atoms. The van der Waals surface area contributed by atoms with Gasteiger partial charge in [0.1, 0.15) is 0 Å². The van der Waals surface area contributed by atoms with Crippen LogP contribution in [0.4, 0.5) is 0 Å². The molecule has 0 aromatic carbocycles. The number of sulfone groups is 1. The first-order chi connectivity index (χ1) is 9.80. The van der Waals surface area contributed by atoms with E-state index in [0.29, 0.717) is 6.42 Å². The summed E-state index contributed by atoms with van der Waals surface area (Å²) < 4.78 is 23.3. The van der Waals surface area contributed by atoms with Gasteiger partial charge in [-0.3, -0.25) is 19.8 Å². The van der Waals surface area contributed by atoms with Crippen molar-refractivity contribution in [3.05, 3.63) is 0 Å². The van der Waals surface area contributed by atoms with E-state index in [1.165, 1.54) is 4.90 Å². The highest BCUT2D eigenvalue weighted by Crippen LogP contribution is 2.30. The summed E-state index contributed by atoms with van der Waals surface area (Å²) >= 11 is 0. The van der Waals surface area contributed by atoms with E-state index in [0.717, 1.165) is 25.7 Å². The van der Waals surface area contributed by atoms with Crippen LogP contribution in [0.1, 0.15) is 45.4 Å². The van der Waals surface area contributed by atoms with Gasteiger partial charge >= 0.3 is 0 Å². The van der Waals surface area contributed by atoms with Gasteiger partial charge < -0.3 is 0 Å². The molecule has 0 aromatic heterocycles. The molecular weight excluding hydrogens is 292 g/mol. The number of carbonyl (C=O) groups excluding carboxylic acids is 2. The van der Waals surface area contributed by atoms with Crippen molar-refractivity contribution in [1.82, 2.24) is 10.2 Å². The van der Waals surface area contributed by atoms with Gasteiger partial charge in [0.05, 0.1) is 24.0 Å². The smallest absolute Gasteiger partial charge is 0.247 e. The summed E-state index contributed by atoms with van der Waals surface area (Å²) in [5, 5.41) is 3.15. The molecule has 2 atom stereocenters. The molecule has 2 aliphatic heterocycles. The van der Waals surface area contributed by atoms with Gasteiger partial charge in [0.2, 0.25) is 11.8 Å². The summed E-state index contributed by atoms with van der Waals surface area (Å²) in [6, 6.07) is -0.506. The SMILES string of the molecule is CC1(NC2CC(=O)N(C3CCCC3)C2=O)CCS(=O)(=O)C1. The Morgan fingerprint density at radius 2 is 1.90 bits per heavy atom. The fraction of sp³-hybridized carbons (Fsp3) is 0.857. The molecule has 2 amide bonds. The Bertz CT molecular complexity index is 568. The Morgan fingerprint density at radius 3 is 2.48 bits per heavy atom. The van der Waals surface area contributed by atoms with E-state index in [1.807, 2.05) is 6.92 Å². The van der Waals surface area contributed by atoms with Gasteiger partial charge in [0.15, 0.2) is 9.84 Å². The monoisotopic (exact) mass is 314 g/mol. The summed E-state index contributed by atoms with van der Waals surface area (Å²) in [6.07, 6.45) is 4.58. The van der Waals surface area contributed by atoms with Gasteiger partial charge in [0, 0.05) is 11.6 Å². The Labute approximate surface area is 125 Å². The summed E-state index contributed by atoms with van der Waals surface area (Å²) in [7, 11) is -3.03. The van der Waals surface area contributed by atoms with Crippen LogP contribution in [0.2, 0.25) is 0 Å². The number of nitrogens with one attached hydrogen (secondary N) is 1. The summed E-state index contributed by atoms with van der Waals surface area (Å²) in [6.45, 7) is 1.83. The standard InChI is InChI=1S/C14H22N2O4S/c1-14(6-7-21(19,20)9-14)15-11-8-12(17)16(13(11)18)10-4-2-3-5-10/h10-11,15H,2-9H2,1H3. The third kappa shape index (κ3) is 2.85. The number of rotatable bonds is 3. The molecule has 2 unspecified atom stereocenters. The first-order valence-electron chi connectivity index (χ1n) is 7.64. The molecular formula is C14H22N2O4S. The number of hydrogen-bond acceptors (Lipinski definition) is 5. The first kappa shape index (κ1) is 15.0. The molecule has 1 saturated carbocycles. The van der Waals surface area contributed by atoms with Gasteiger partial charge in [0.25, 0.3) is 0 Å². The zero-order valence-corrected chi connectivity index (χ0v) is 13.1. The van der Waals surface area contributed by atoms with Crippen molar-refractivity contribution in [2.75, 3.05) is 11.5 Å². The molecule has 6 nitrogen and oxygen atoms in total. The van der Waals surface area contributed by atoms with Crippen LogP contribution in [0.3, 0.4) is 0 Å². The quantitative estimate of drug-likeness (QED) is 0.754. The molecule has 2 saturated heterocycles. The van der Waals surface area contributed by atoms with Crippen molar-refractivity contribution in [2.24, 2.45) is 0 Å². The topological polar surface area (TPSA) is 83.6 Å². The van der Waals surface area contributed by atoms with Crippen LogP contribution in [-0.2, 0) is 19.4 Å². The predicted molar refractivity (Wildman–Crippen MR) is 77.3 cm³/mol. The number of likely N-dealkylation sites (tertiary alicyclic amines) is 1. The highest BCUT2D eigenvalue weighted by atomic mass is 32.2. The van der Waals surface area contributed by atoms with E-state index < -0.39 is 21.4 Å². The third-order valence-electron chi connectivity index (χ3n) is 4.90. The first-order valence-corrected chi connectivity index (χ1v) is 9.46. The largest absolute Gasteiger partial charge is 0.299 e. The van der Waals surface area contributed by atoms with E-state index >= 15 is 0 Å². The maximum atomic E-state index is 12.5. The fourth-order valence-corrected chi connectivity index (χ4v) is 5.96. The number of imide groups is 1. The molecule has 3 fully saturated rings. The second kappa shape index (κ2) is 5.05. The molecule has 0 spiro atoms. The molecule has 0 aromatic rings. The van der Waals surface area contributed by atoms with Crippen molar-refractivity contribution in [3.8, 4) is 0 Å². The summed E-state index contributed by atoms with van der Waals surface area (Å²) in [5.41, 5.74) is -0.592. The van der Waals surface area contributed by atoms with Crippen LogP contribution in [0, 0.1) is 0 Å². The summed E-state index contributed by atoms with van der Waals surface area (Å²) in [4.78, 5) is 26.0. The average molecular weight is 314 g/mol. The van der Waals surface area contributed by atoms with Crippen molar-refractivity contribution in [2.45, 2.75) is 63.1 Å². The predicted octanol–water partition coefficient (Wildman–Crippen LogP) is 0.223. The van der Waals surface area contributed by atoms with Crippen molar-refractivity contribution < 1.29 is 18.0 Å². The van der Waals surface area contributed by atoms with Gasteiger partial charge in [-0.2, -0.15) is 0 Å². The highest BCUT2D eigenvalue weighted by Gasteiger charge is 2.47. The lowest BCUT2D eigenvalue weighted by molar-refractivity contribution is -0.141. The van der Waals surface area contributed by atoms with Crippen LogP contribution >= 0.6 is 0 Å². The van der Waals surface area contributed by atoms with E-state index in [9.17, 15) is 18.0 Å². The second-order valence-corrected chi connectivity index (χ2v) is 9.03. The maximum absolute atomic E-state index is 12.5. The molecule has 3 rings (SSSR count). The van der Waals surface area contributed by atoms with Crippen molar-refractivity contribution in [1.29, 1.82) is 0 Å². The summed E-state index contributed by atoms with van der Waals surface area (Å²) in [5.74, 6) is -0.0923. The Kier molecular flexibility index (Phi) is 3.60. The van der Waals surface area contributed by atoms with E-state index in [4.69, 9.17) is 0 Å². The lowest BCUT2D eigenvalue weighted by Gasteiger charge is -2.28. The van der Waals surface area contributed by atoms with E-state index in [2.05, 4.69) is 5.32 Å². The molecule has 0 radical (unpaired) electrons. The zero-order valence-electron chi connectivity index (χ0n) is 12.3. The van der Waals surface area contributed by atoms with Crippen LogP contribution in [0.5, 0.6) is 0 Å². The Balaban J connectivity index is 1.70. The lowest BCUT2D eigenvalue weighted by atomic mass is 10.00. The average Bonchev–Trinajstić information content (AvgIpc) is 3.02. The number of amides is 2. The molecule has 3 aliphatic rings. The Morgan fingerprint density at radius 1 is 1.24 bits per heavy atom. The molecule has 2 heterocycles. The third-order valence-corrected chi connectivity index (χ3v) is 6.80. The molecule has 118 valence electrons. The normalized spacial score (nSPS) is 36.8. The van der Waals surface area contributed by atoms with Crippen LogP contribution in [-0.4, -0.2) is 54.3 Å². The zero-order chi connectivity index (χ0) is 15.3. The number of nitrogens with zero attached hydrogens (tertiary/aromatic N) is 1. The highest BCUT2D eigenvalue weighted by molar-refractivity contribution is 7.91. The number of carbonyl (C=O) groups is 2. The van der Waals surface area contributed by atoms with Crippen molar-refractivity contribution in [3.63, 3.8) is 0 Å². The minimum atomic E-state index is -3.03. The van der Waals surface area contributed by atoms with E-state index in [-0.39, 0.29) is 35.8 Å². The molecule has 1 N–H and O–H groups in total. The lowest BCUT2D eigenvalue weighted by Crippen LogP contribution is -2.52. The van der Waals surface area contributed by atoms with Crippen molar-refractivity contribution >= 4 is 21.7 Å². The minimum absolute atomic E-state index is 0.0431. The van der Waals surface area contributed by atoms with Crippen LogP contribution in [0.15, 0.2) is 0 Å². The molecule has 7 heteroatoms. The Hall–Kier alpha value is -0.950. The number of hydrogen-bond donors (Lipinski definition) is 1. The van der Waals surface area contributed by atoms with Crippen LogP contribution < -0.4 is 5.32 Å². The van der Waals surface area contributed by atoms with Gasteiger partial charge in [-0.15, -0.1) is 0 Å². The fourth-order valence-electron chi connectivity index (χ4n) is 3.85. The minimum Gasteiger partial charge on any atom is -0.299 e.